The lowest BCUT2D eigenvalue weighted by Gasteiger charge is -2.35. The van der Waals surface area contributed by atoms with Gasteiger partial charge in [-0.1, -0.05) is 56.7 Å². The Labute approximate surface area is 188 Å². The number of amides is 2. The topological polar surface area (TPSA) is 70.2 Å². The third kappa shape index (κ3) is 7.06. The highest BCUT2D eigenvalue weighted by Gasteiger charge is 2.29. The van der Waals surface area contributed by atoms with Crippen LogP contribution in [0.1, 0.15) is 39.5 Å². The van der Waals surface area contributed by atoms with Crippen molar-refractivity contribution in [3.63, 3.8) is 0 Å². The number of carbonyl (C=O) groups excluding carboxylic acids is 1. The van der Waals surface area contributed by atoms with E-state index in [0.717, 1.165) is 31.2 Å². The second-order valence-electron chi connectivity index (χ2n) is 8.83. The normalized spacial score (nSPS) is 19.2. The standard InChI is InChI=1S/C23H28F3N3O2S/c1-22(2)12-6-9-17(14-22)28-21(30)29-20-13-18(32(31)27-15-23(24,25)26)10-11-19(20)16-7-4-3-5-8-16/h3-5,7-8,10-11,13,17,27H,6,9,12,14-15H2,1-2H3,(H2,28,29,30). The van der Waals surface area contributed by atoms with Crippen LogP contribution < -0.4 is 15.4 Å². The van der Waals surface area contributed by atoms with Crippen molar-refractivity contribution in [1.82, 2.24) is 10.0 Å². The molecular weight excluding hydrogens is 439 g/mol. The molecule has 1 aliphatic rings. The highest BCUT2D eigenvalue weighted by Crippen LogP contribution is 2.35. The number of halogens is 3. The van der Waals surface area contributed by atoms with Crippen molar-refractivity contribution < 1.29 is 22.2 Å². The summed E-state index contributed by atoms with van der Waals surface area (Å²) in [6.07, 6.45) is -0.560. The number of carbonyl (C=O) groups is 1. The molecule has 32 heavy (non-hydrogen) atoms. The Morgan fingerprint density at radius 2 is 1.88 bits per heavy atom. The van der Waals surface area contributed by atoms with Crippen LogP contribution in [0.3, 0.4) is 0 Å². The molecule has 0 aromatic heterocycles. The van der Waals surface area contributed by atoms with Crippen LogP contribution in [0.4, 0.5) is 23.7 Å². The molecule has 1 fully saturated rings. The molecule has 0 aliphatic heterocycles. The third-order valence-electron chi connectivity index (χ3n) is 5.48. The fourth-order valence-corrected chi connectivity index (χ4v) is 4.89. The Balaban J connectivity index is 1.80. The quantitative estimate of drug-likeness (QED) is 0.516. The summed E-state index contributed by atoms with van der Waals surface area (Å²) in [5.41, 5.74) is 2.04. The molecule has 1 saturated carbocycles. The van der Waals surface area contributed by atoms with E-state index in [1.807, 2.05) is 35.1 Å². The van der Waals surface area contributed by atoms with Gasteiger partial charge in [-0.3, -0.25) is 0 Å². The van der Waals surface area contributed by atoms with Crippen molar-refractivity contribution in [3.8, 4) is 11.1 Å². The number of rotatable bonds is 6. The lowest BCUT2D eigenvalue weighted by molar-refractivity contribution is -0.121. The lowest BCUT2D eigenvalue weighted by atomic mass is 9.75. The zero-order valence-corrected chi connectivity index (χ0v) is 18.9. The van der Waals surface area contributed by atoms with E-state index in [4.69, 9.17) is 0 Å². The number of hydrogen-bond acceptors (Lipinski definition) is 2. The summed E-state index contributed by atoms with van der Waals surface area (Å²) in [6, 6.07) is 13.5. The minimum absolute atomic E-state index is 0.0460. The Bertz CT molecular complexity index is 965. The van der Waals surface area contributed by atoms with Crippen LogP contribution in [0.15, 0.2) is 53.4 Å². The summed E-state index contributed by atoms with van der Waals surface area (Å²) in [7, 11) is -2.08. The predicted molar refractivity (Wildman–Crippen MR) is 121 cm³/mol. The van der Waals surface area contributed by atoms with Crippen molar-refractivity contribution in [2.45, 2.75) is 56.6 Å². The summed E-state index contributed by atoms with van der Waals surface area (Å²) in [4.78, 5) is 12.9. The van der Waals surface area contributed by atoms with Crippen LogP contribution in [-0.2, 0) is 11.0 Å². The molecule has 3 N–H and O–H groups in total. The molecule has 0 radical (unpaired) electrons. The van der Waals surface area contributed by atoms with E-state index in [1.165, 1.54) is 12.1 Å². The number of nitrogens with one attached hydrogen (secondary N) is 3. The first-order chi connectivity index (χ1) is 15.0. The molecule has 0 spiro atoms. The fraction of sp³-hybridized carbons (Fsp3) is 0.435. The van der Waals surface area contributed by atoms with Crippen molar-refractivity contribution >= 4 is 22.7 Å². The number of urea groups is 1. The molecule has 5 nitrogen and oxygen atoms in total. The zero-order chi connectivity index (χ0) is 23.4. The van der Waals surface area contributed by atoms with Crippen LogP contribution in [0.25, 0.3) is 11.1 Å². The van der Waals surface area contributed by atoms with Gasteiger partial charge in [0.05, 0.1) is 10.6 Å². The summed E-state index contributed by atoms with van der Waals surface area (Å²) in [6.45, 7) is 2.98. The van der Waals surface area contributed by atoms with Gasteiger partial charge < -0.3 is 10.6 Å². The average molecular weight is 468 g/mol. The van der Waals surface area contributed by atoms with Crippen molar-refractivity contribution in [1.29, 1.82) is 0 Å². The van der Waals surface area contributed by atoms with Gasteiger partial charge in [-0.25, -0.2) is 13.7 Å². The Hall–Kier alpha value is -2.39. The average Bonchev–Trinajstić information content (AvgIpc) is 2.71. The molecule has 3 rings (SSSR count). The van der Waals surface area contributed by atoms with Crippen LogP contribution >= 0.6 is 0 Å². The van der Waals surface area contributed by atoms with Crippen LogP contribution in [-0.4, -0.2) is 29.0 Å². The Morgan fingerprint density at radius 3 is 2.53 bits per heavy atom. The smallest absolute Gasteiger partial charge is 0.335 e. The first-order valence-electron chi connectivity index (χ1n) is 10.5. The molecule has 2 amide bonds. The van der Waals surface area contributed by atoms with Crippen molar-refractivity contribution in [3.05, 3.63) is 48.5 Å². The van der Waals surface area contributed by atoms with Gasteiger partial charge in [0.25, 0.3) is 0 Å². The molecule has 1 aliphatic carbocycles. The monoisotopic (exact) mass is 467 g/mol. The molecule has 2 atom stereocenters. The van der Waals surface area contributed by atoms with Crippen molar-refractivity contribution in [2.75, 3.05) is 11.9 Å². The fourth-order valence-electron chi connectivity index (χ4n) is 4.01. The largest absolute Gasteiger partial charge is 0.402 e. The minimum atomic E-state index is -4.48. The van der Waals surface area contributed by atoms with Gasteiger partial charge >= 0.3 is 12.2 Å². The minimum Gasteiger partial charge on any atom is -0.335 e. The Morgan fingerprint density at radius 1 is 1.16 bits per heavy atom. The van der Waals surface area contributed by atoms with E-state index in [2.05, 4.69) is 24.5 Å². The van der Waals surface area contributed by atoms with E-state index < -0.39 is 29.7 Å². The number of alkyl halides is 3. The maximum absolute atomic E-state index is 12.8. The Kier molecular flexibility index (Phi) is 7.61. The molecule has 174 valence electrons. The van der Waals surface area contributed by atoms with E-state index in [9.17, 15) is 22.2 Å². The SMILES string of the molecule is CC1(C)CCCC(NC(=O)Nc2cc(S(=O)NCC(F)(F)F)ccc2-c2ccccc2)C1. The van der Waals surface area contributed by atoms with Crippen LogP contribution in [0, 0.1) is 5.41 Å². The molecule has 9 heteroatoms. The highest BCUT2D eigenvalue weighted by atomic mass is 32.2. The number of benzene rings is 2. The van der Waals surface area contributed by atoms with Crippen LogP contribution in [0.5, 0.6) is 0 Å². The molecule has 2 aromatic carbocycles. The van der Waals surface area contributed by atoms with Gasteiger partial charge in [0.2, 0.25) is 0 Å². The lowest BCUT2D eigenvalue weighted by Crippen LogP contribution is -2.42. The van der Waals surface area contributed by atoms with E-state index >= 15 is 0 Å². The second kappa shape index (κ2) is 10.0. The van der Waals surface area contributed by atoms with E-state index in [1.54, 1.807) is 6.07 Å². The third-order valence-corrected chi connectivity index (χ3v) is 6.57. The first kappa shape index (κ1) is 24.3. The van der Waals surface area contributed by atoms with Crippen LogP contribution in [0.2, 0.25) is 0 Å². The van der Waals surface area contributed by atoms with Gasteiger partial charge in [-0.2, -0.15) is 13.2 Å². The molecule has 0 bridgehead atoms. The van der Waals surface area contributed by atoms with Gasteiger partial charge in [-0.05, 0) is 42.4 Å². The predicted octanol–water partition coefficient (Wildman–Crippen LogP) is 5.62. The summed E-state index contributed by atoms with van der Waals surface area (Å²) < 4.78 is 51.8. The van der Waals surface area contributed by atoms with E-state index in [-0.39, 0.29) is 16.4 Å². The molecule has 2 unspecified atom stereocenters. The molecular formula is C23H28F3N3O2S. The maximum Gasteiger partial charge on any atom is 0.402 e. The first-order valence-corrected chi connectivity index (χ1v) is 11.7. The number of hydrogen-bond donors (Lipinski definition) is 3. The van der Waals surface area contributed by atoms with Gasteiger partial charge in [0.15, 0.2) is 0 Å². The summed E-state index contributed by atoms with van der Waals surface area (Å²) in [5.74, 6) is 0. The van der Waals surface area contributed by atoms with E-state index in [0.29, 0.717) is 11.3 Å². The van der Waals surface area contributed by atoms with Crippen molar-refractivity contribution in [2.24, 2.45) is 5.41 Å². The highest BCUT2D eigenvalue weighted by molar-refractivity contribution is 7.83. The summed E-state index contributed by atoms with van der Waals surface area (Å²) >= 11 is 0. The maximum atomic E-state index is 12.8. The second-order valence-corrected chi connectivity index (χ2v) is 10.1. The molecule has 2 aromatic rings. The van der Waals surface area contributed by atoms with Gasteiger partial charge in [0, 0.05) is 11.6 Å². The zero-order valence-electron chi connectivity index (χ0n) is 18.1. The number of anilines is 1. The van der Waals surface area contributed by atoms with Gasteiger partial charge in [-0.15, -0.1) is 0 Å². The molecule has 0 heterocycles. The molecule has 0 saturated heterocycles. The van der Waals surface area contributed by atoms with Gasteiger partial charge in [0.1, 0.15) is 17.5 Å². The summed E-state index contributed by atoms with van der Waals surface area (Å²) in [5, 5.41) is 5.82.